The van der Waals surface area contributed by atoms with E-state index in [1.54, 1.807) is 18.2 Å². The van der Waals surface area contributed by atoms with Crippen molar-refractivity contribution in [1.29, 1.82) is 0 Å². The fraction of sp³-hybridized carbons (Fsp3) is 0.294. The van der Waals surface area contributed by atoms with Gasteiger partial charge >= 0.3 is 0 Å². The Morgan fingerprint density at radius 2 is 1.73 bits per heavy atom. The maximum atomic E-state index is 11.5. The van der Waals surface area contributed by atoms with Crippen LogP contribution in [0.5, 0.6) is 0 Å². The summed E-state index contributed by atoms with van der Waals surface area (Å²) in [4.78, 5) is 0.322. The predicted octanol–water partition coefficient (Wildman–Crippen LogP) is 2.18. The van der Waals surface area contributed by atoms with E-state index in [-0.39, 0.29) is 6.04 Å². The third-order valence-electron chi connectivity index (χ3n) is 3.27. The summed E-state index contributed by atoms with van der Waals surface area (Å²) >= 11 is 0. The number of nitrogens with two attached hydrogens (primary N) is 1. The summed E-state index contributed by atoms with van der Waals surface area (Å²) in [5.74, 6) is 0. The number of rotatable bonds is 7. The first-order valence-corrected chi connectivity index (χ1v) is 9.00. The second-order valence-electron chi connectivity index (χ2n) is 5.38. The molecule has 2 aromatic rings. The smallest absolute Gasteiger partial charge is 0.175 e. The Hall–Kier alpha value is -1.69. The molecule has 0 spiro atoms. The molecule has 0 aromatic heterocycles. The van der Waals surface area contributed by atoms with Gasteiger partial charge in [-0.2, -0.15) is 0 Å². The summed E-state index contributed by atoms with van der Waals surface area (Å²) in [6, 6.07) is 16.6. The first-order valence-electron chi connectivity index (χ1n) is 7.11. The standard InChI is InChI=1S/C17H21NO3S/c1-22(19,20)17-9-5-8-15(11-17)10-16(18)13-21-12-14-6-3-2-4-7-14/h2-9,11,16H,10,12-13,18H2,1H3. The highest BCUT2D eigenvalue weighted by atomic mass is 32.2. The highest BCUT2D eigenvalue weighted by Crippen LogP contribution is 2.12. The number of hydrogen-bond acceptors (Lipinski definition) is 4. The monoisotopic (exact) mass is 319 g/mol. The van der Waals surface area contributed by atoms with Crippen LogP contribution in [0.4, 0.5) is 0 Å². The molecule has 0 fully saturated rings. The molecule has 4 nitrogen and oxygen atoms in total. The number of sulfone groups is 1. The van der Waals surface area contributed by atoms with Crippen LogP contribution >= 0.6 is 0 Å². The van der Waals surface area contributed by atoms with E-state index in [0.717, 1.165) is 11.1 Å². The van der Waals surface area contributed by atoms with Crippen molar-refractivity contribution in [1.82, 2.24) is 0 Å². The van der Waals surface area contributed by atoms with E-state index in [1.807, 2.05) is 36.4 Å². The van der Waals surface area contributed by atoms with Gasteiger partial charge in [0.1, 0.15) is 0 Å². The summed E-state index contributed by atoms with van der Waals surface area (Å²) in [6.45, 7) is 0.954. The zero-order valence-electron chi connectivity index (χ0n) is 12.6. The van der Waals surface area contributed by atoms with E-state index in [1.165, 1.54) is 6.26 Å². The molecule has 0 aliphatic carbocycles. The normalized spacial score (nSPS) is 13.0. The first kappa shape index (κ1) is 16.7. The molecule has 0 amide bonds. The molecular formula is C17H21NO3S. The van der Waals surface area contributed by atoms with Gasteiger partial charge in [0.2, 0.25) is 0 Å². The SMILES string of the molecule is CS(=O)(=O)c1cccc(CC(N)COCc2ccccc2)c1. The van der Waals surface area contributed by atoms with Crippen molar-refractivity contribution < 1.29 is 13.2 Å². The molecular weight excluding hydrogens is 298 g/mol. The summed E-state index contributed by atoms with van der Waals surface area (Å²) in [6.07, 6.45) is 1.78. The summed E-state index contributed by atoms with van der Waals surface area (Å²) in [5, 5.41) is 0. The van der Waals surface area contributed by atoms with Crippen LogP contribution in [-0.4, -0.2) is 27.3 Å². The second kappa shape index (κ2) is 7.54. The van der Waals surface area contributed by atoms with Gasteiger partial charge in [-0.15, -0.1) is 0 Å². The van der Waals surface area contributed by atoms with Crippen molar-refractivity contribution in [3.05, 3.63) is 65.7 Å². The van der Waals surface area contributed by atoms with Gasteiger partial charge in [-0.1, -0.05) is 42.5 Å². The average Bonchev–Trinajstić information content (AvgIpc) is 2.48. The van der Waals surface area contributed by atoms with Crippen LogP contribution in [0.25, 0.3) is 0 Å². The topological polar surface area (TPSA) is 69.4 Å². The molecule has 0 saturated carbocycles. The lowest BCUT2D eigenvalue weighted by atomic mass is 10.1. The molecule has 22 heavy (non-hydrogen) atoms. The Morgan fingerprint density at radius 1 is 1.05 bits per heavy atom. The molecule has 5 heteroatoms. The van der Waals surface area contributed by atoms with Crippen LogP contribution in [0.3, 0.4) is 0 Å². The molecule has 0 heterocycles. The first-order chi connectivity index (χ1) is 10.4. The third-order valence-corrected chi connectivity index (χ3v) is 4.38. The lowest BCUT2D eigenvalue weighted by molar-refractivity contribution is 0.108. The van der Waals surface area contributed by atoms with Gasteiger partial charge in [-0.3, -0.25) is 0 Å². The molecule has 1 unspecified atom stereocenters. The van der Waals surface area contributed by atoms with E-state index in [0.29, 0.717) is 24.5 Å². The van der Waals surface area contributed by atoms with E-state index in [4.69, 9.17) is 10.5 Å². The van der Waals surface area contributed by atoms with Crippen molar-refractivity contribution in [2.24, 2.45) is 5.73 Å². The van der Waals surface area contributed by atoms with Crippen LogP contribution in [0.15, 0.2) is 59.5 Å². The quantitative estimate of drug-likeness (QED) is 0.849. The van der Waals surface area contributed by atoms with Crippen LogP contribution in [0.1, 0.15) is 11.1 Å². The maximum absolute atomic E-state index is 11.5. The highest BCUT2D eigenvalue weighted by Gasteiger charge is 2.10. The maximum Gasteiger partial charge on any atom is 0.175 e. The summed E-state index contributed by atoms with van der Waals surface area (Å²) in [5.41, 5.74) is 8.06. The van der Waals surface area contributed by atoms with Crippen LogP contribution in [0.2, 0.25) is 0 Å². The molecule has 2 N–H and O–H groups in total. The lowest BCUT2D eigenvalue weighted by Gasteiger charge is -2.13. The van der Waals surface area contributed by atoms with Gasteiger partial charge in [-0.25, -0.2) is 8.42 Å². The van der Waals surface area contributed by atoms with Crippen LogP contribution in [0, 0.1) is 0 Å². The molecule has 0 aliphatic rings. The Kier molecular flexibility index (Phi) is 5.71. The van der Waals surface area contributed by atoms with Gasteiger partial charge in [0.05, 0.1) is 18.1 Å². The van der Waals surface area contributed by atoms with Gasteiger partial charge in [-0.05, 0) is 29.7 Å². The van der Waals surface area contributed by atoms with Crippen LogP contribution < -0.4 is 5.73 Å². The molecule has 0 bridgehead atoms. The third kappa shape index (κ3) is 5.26. The van der Waals surface area contributed by atoms with Gasteiger partial charge in [0.15, 0.2) is 9.84 Å². The summed E-state index contributed by atoms with van der Waals surface area (Å²) in [7, 11) is -3.19. The van der Waals surface area contributed by atoms with Gasteiger partial charge in [0, 0.05) is 12.3 Å². The number of ether oxygens (including phenoxy) is 1. The molecule has 0 saturated heterocycles. The predicted molar refractivity (Wildman–Crippen MR) is 87.3 cm³/mol. The number of hydrogen-bond donors (Lipinski definition) is 1. The van der Waals surface area contributed by atoms with E-state index < -0.39 is 9.84 Å². The molecule has 0 aliphatic heterocycles. The van der Waals surface area contributed by atoms with E-state index in [9.17, 15) is 8.42 Å². The fourth-order valence-corrected chi connectivity index (χ4v) is 2.86. The van der Waals surface area contributed by atoms with Crippen molar-refractivity contribution in [3.63, 3.8) is 0 Å². The van der Waals surface area contributed by atoms with Crippen LogP contribution in [-0.2, 0) is 27.6 Å². The summed E-state index contributed by atoms with van der Waals surface area (Å²) < 4.78 is 28.7. The Labute approximate surface area is 131 Å². The second-order valence-corrected chi connectivity index (χ2v) is 7.40. The van der Waals surface area contributed by atoms with E-state index in [2.05, 4.69) is 0 Å². The molecule has 0 radical (unpaired) electrons. The fourth-order valence-electron chi connectivity index (χ4n) is 2.17. The Morgan fingerprint density at radius 3 is 2.41 bits per heavy atom. The van der Waals surface area contributed by atoms with Gasteiger partial charge < -0.3 is 10.5 Å². The average molecular weight is 319 g/mol. The highest BCUT2D eigenvalue weighted by molar-refractivity contribution is 7.90. The molecule has 1 atom stereocenters. The zero-order chi connectivity index (χ0) is 16.0. The van der Waals surface area contributed by atoms with Crippen molar-refractivity contribution >= 4 is 9.84 Å². The van der Waals surface area contributed by atoms with Crippen molar-refractivity contribution in [2.45, 2.75) is 24.0 Å². The van der Waals surface area contributed by atoms with Crippen molar-refractivity contribution in [3.8, 4) is 0 Å². The number of benzene rings is 2. The minimum Gasteiger partial charge on any atom is -0.375 e. The van der Waals surface area contributed by atoms with E-state index >= 15 is 0 Å². The zero-order valence-corrected chi connectivity index (χ0v) is 13.4. The van der Waals surface area contributed by atoms with Crippen molar-refractivity contribution in [2.75, 3.05) is 12.9 Å². The minimum absolute atomic E-state index is 0.168. The Bertz CT molecular complexity index is 699. The molecule has 2 rings (SSSR count). The molecule has 2 aromatic carbocycles. The molecule has 118 valence electrons. The minimum atomic E-state index is -3.19. The van der Waals surface area contributed by atoms with Gasteiger partial charge in [0.25, 0.3) is 0 Å². The Balaban J connectivity index is 1.86. The lowest BCUT2D eigenvalue weighted by Crippen LogP contribution is -2.28. The largest absolute Gasteiger partial charge is 0.375 e.